The van der Waals surface area contributed by atoms with Gasteiger partial charge in [-0.1, -0.05) is 27.5 Å². The van der Waals surface area contributed by atoms with Crippen LogP contribution in [0.2, 0.25) is 5.02 Å². The molecular weight excluding hydrogens is 323 g/mol. The van der Waals surface area contributed by atoms with Crippen LogP contribution in [0, 0.1) is 0 Å². The first-order chi connectivity index (χ1) is 8.58. The lowest BCUT2D eigenvalue weighted by Crippen LogP contribution is -2.02. The smallest absolute Gasteiger partial charge is 0.372 e. The van der Waals surface area contributed by atoms with Crippen LogP contribution >= 0.6 is 27.5 Å². The maximum atomic E-state index is 10.8. The van der Waals surface area contributed by atoms with Gasteiger partial charge in [-0.25, -0.2) is 4.79 Å². The lowest BCUT2D eigenvalue weighted by Gasteiger charge is -2.07. The zero-order valence-corrected chi connectivity index (χ0v) is 11.4. The number of ether oxygens (including phenoxy) is 1. The summed E-state index contributed by atoms with van der Waals surface area (Å²) in [7, 11) is 0. The molecule has 0 aliphatic carbocycles. The number of rotatable bonds is 4. The number of carboxylic acid groups (broad SMARTS) is 1. The van der Waals surface area contributed by atoms with E-state index < -0.39 is 5.97 Å². The van der Waals surface area contributed by atoms with Crippen LogP contribution in [0.1, 0.15) is 16.1 Å². The second kappa shape index (κ2) is 5.46. The fraction of sp³-hybridized carbons (Fsp3) is 0.0833. The summed E-state index contributed by atoms with van der Waals surface area (Å²) in [4.78, 5) is 10.8. The number of hydrogen-bond acceptors (Lipinski definition) is 3. The van der Waals surface area contributed by atoms with Crippen molar-refractivity contribution in [2.45, 2.75) is 6.61 Å². The molecule has 18 heavy (non-hydrogen) atoms. The molecule has 6 heteroatoms. The molecule has 0 aliphatic rings. The van der Waals surface area contributed by atoms with E-state index in [9.17, 15) is 4.79 Å². The summed E-state index contributed by atoms with van der Waals surface area (Å²) in [5, 5.41) is 9.31. The summed E-state index contributed by atoms with van der Waals surface area (Å²) in [6.07, 6.45) is 1.31. The Morgan fingerprint density at radius 3 is 2.89 bits per heavy atom. The molecule has 0 fully saturated rings. The van der Waals surface area contributed by atoms with Crippen LogP contribution in [0.15, 0.2) is 39.4 Å². The topological polar surface area (TPSA) is 59.7 Å². The molecule has 0 saturated carbocycles. The molecule has 2 rings (SSSR count). The van der Waals surface area contributed by atoms with Crippen LogP contribution in [-0.4, -0.2) is 11.1 Å². The summed E-state index contributed by atoms with van der Waals surface area (Å²) in [6.45, 7) is 0.0828. The van der Waals surface area contributed by atoms with E-state index >= 15 is 0 Å². The van der Waals surface area contributed by atoms with E-state index in [2.05, 4.69) is 15.9 Å². The predicted molar refractivity (Wildman–Crippen MR) is 69.2 cm³/mol. The molecule has 0 atom stereocenters. The van der Waals surface area contributed by atoms with E-state index in [1.807, 2.05) is 0 Å². The summed E-state index contributed by atoms with van der Waals surface area (Å²) < 4.78 is 11.1. The van der Waals surface area contributed by atoms with E-state index in [4.69, 9.17) is 25.9 Å². The monoisotopic (exact) mass is 330 g/mol. The van der Waals surface area contributed by atoms with E-state index in [0.29, 0.717) is 16.3 Å². The summed E-state index contributed by atoms with van der Waals surface area (Å²) in [5.74, 6) is -0.763. The van der Waals surface area contributed by atoms with Gasteiger partial charge in [0.15, 0.2) is 0 Å². The predicted octanol–water partition coefficient (Wildman–Crippen LogP) is 3.97. The number of halogens is 2. The molecule has 1 aromatic heterocycles. The first-order valence-electron chi connectivity index (χ1n) is 4.95. The van der Waals surface area contributed by atoms with Crippen molar-refractivity contribution in [1.82, 2.24) is 0 Å². The van der Waals surface area contributed by atoms with Crippen LogP contribution in [0.25, 0.3) is 0 Å². The van der Waals surface area contributed by atoms with Crippen LogP contribution < -0.4 is 4.74 Å². The SMILES string of the molecule is O=C(O)c1occc1COc1ccc(Br)cc1Cl. The molecule has 0 amide bonds. The number of hydrogen-bond donors (Lipinski definition) is 1. The molecule has 0 radical (unpaired) electrons. The molecule has 94 valence electrons. The quantitative estimate of drug-likeness (QED) is 0.921. The van der Waals surface area contributed by atoms with Gasteiger partial charge in [0.05, 0.1) is 11.3 Å². The highest BCUT2D eigenvalue weighted by Gasteiger charge is 2.14. The minimum Gasteiger partial charge on any atom is -0.487 e. The number of furan rings is 1. The molecule has 0 bridgehead atoms. The van der Waals surface area contributed by atoms with Crippen molar-refractivity contribution in [2.24, 2.45) is 0 Å². The summed E-state index contributed by atoms with van der Waals surface area (Å²) in [6, 6.07) is 6.74. The van der Waals surface area contributed by atoms with E-state index in [-0.39, 0.29) is 12.4 Å². The third-order valence-corrected chi connectivity index (χ3v) is 3.01. The Hall–Kier alpha value is -1.46. The second-order valence-electron chi connectivity index (χ2n) is 3.44. The highest BCUT2D eigenvalue weighted by molar-refractivity contribution is 9.10. The maximum absolute atomic E-state index is 10.8. The van der Waals surface area contributed by atoms with Gasteiger partial charge in [-0.15, -0.1) is 0 Å². The highest BCUT2D eigenvalue weighted by atomic mass is 79.9. The van der Waals surface area contributed by atoms with Crippen LogP contribution in [0.3, 0.4) is 0 Å². The summed E-state index contributed by atoms with van der Waals surface area (Å²) in [5.41, 5.74) is 0.460. The van der Waals surface area contributed by atoms with Crippen molar-refractivity contribution in [3.63, 3.8) is 0 Å². The molecule has 0 saturated heterocycles. The highest BCUT2D eigenvalue weighted by Crippen LogP contribution is 2.28. The number of aromatic carboxylic acids is 1. The normalized spacial score (nSPS) is 10.3. The summed E-state index contributed by atoms with van der Waals surface area (Å²) >= 11 is 9.26. The second-order valence-corrected chi connectivity index (χ2v) is 4.77. The molecule has 1 aromatic carbocycles. The first kappa shape index (κ1) is 13.0. The van der Waals surface area contributed by atoms with Crippen molar-refractivity contribution in [3.05, 3.63) is 51.3 Å². The molecule has 0 aliphatic heterocycles. The fourth-order valence-corrected chi connectivity index (χ4v) is 2.11. The number of carbonyl (C=O) groups is 1. The minimum atomic E-state index is -1.12. The Labute approximate surface area is 116 Å². The van der Waals surface area contributed by atoms with Crippen molar-refractivity contribution < 1.29 is 19.1 Å². The average molecular weight is 332 g/mol. The van der Waals surface area contributed by atoms with Gasteiger partial charge in [-0.3, -0.25) is 0 Å². The Balaban J connectivity index is 2.11. The van der Waals surface area contributed by atoms with Gasteiger partial charge in [0.1, 0.15) is 12.4 Å². The van der Waals surface area contributed by atoms with Crippen molar-refractivity contribution in [3.8, 4) is 5.75 Å². The van der Waals surface area contributed by atoms with Gasteiger partial charge in [-0.05, 0) is 24.3 Å². The Bertz CT molecular complexity index is 579. The third-order valence-electron chi connectivity index (χ3n) is 2.22. The molecule has 4 nitrogen and oxygen atoms in total. The zero-order chi connectivity index (χ0) is 13.1. The molecule has 0 spiro atoms. The van der Waals surface area contributed by atoms with Crippen LogP contribution in [0.4, 0.5) is 0 Å². The number of benzene rings is 1. The maximum Gasteiger partial charge on any atom is 0.372 e. The van der Waals surface area contributed by atoms with E-state index in [1.165, 1.54) is 6.26 Å². The Morgan fingerprint density at radius 2 is 2.22 bits per heavy atom. The standard InChI is InChI=1S/C12H8BrClO4/c13-8-1-2-10(9(14)5-8)18-6-7-3-4-17-11(7)12(15)16/h1-5H,6H2,(H,15,16). The van der Waals surface area contributed by atoms with Crippen molar-refractivity contribution in [1.29, 1.82) is 0 Å². The van der Waals surface area contributed by atoms with Gasteiger partial charge < -0.3 is 14.3 Å². The largest absolute Gasteiger partial charge is 0.487 e. The fourth-order valence-electron chi connectivity index (χ4n) is 1.38. The molecule has 2 aromatic rings. The zero-order valence-electron chi connectivity index (χ0n) is 9.02. The molecule has 0 unspecified atom stereocenters. The lowest BCUT2D eigenvalue weighted by molar-refractivity contribution is 0.0658. The van der Waals surface area contributed by atoms with Gasteiger partial charge >= 0.3 is 5.97 Å². The molecular formula is C12H8BrClO4. The van der Waals surface area contributed by atoms with Crippen molar-refractivity contribution in [2.75, 3.05) is 0 Å². The molecule has 1 N–H and O–H groups in total. The van der Waals surface area contributed by atoms with Crippen LogP contribution in [-0.2, 0) is 6.61 Å². The van der Waals surface area contributed by atoms with Gasteiger partial charge in [0, 0.05) is 10.0 Å². The lowest BCUT2D eigenvalue weighted by atomic mass is 10.2. The van der Waals surface area contributed by atoms with E-state index in [1.54, 1.807) is 24.3 Å². The van der Waals surface area contributed by atoms with Gasteiger partial charge in [-0.2, -0.15) is 0 Å². The number of carboxylic acids is 1. The third kappa shape index (κ3) is 2.86. The molecule has 1 heterocycles. The Kier molecular flexibility index (Phi) is 3.93. The van der Waals surface area contributed by atoms with Gasteiger partial charge in [0.2, 0.25) is 5.76 Å². The average Bonchev–Trinajstić information content (AvgIpc) is 2.76. The van der Waals surface area contributed by atoms with Gasteiger partial charge in [0.25, 0.3) is 0 Å². The van der Waals surface area contributed by atoms with E-state index in [0.717, 1.165) is 4.47 Å². The van der Waals surface area contributed by atoms with Crippen molar-refractivity contribution >= 4 is 33.5 Å². The first-order valence-corrected chi connectivity index (χ1v) is 6.12. The Morgan fingerprint density at radius 1 is 1.44 bits per heavy atom. The minimum absolute atomic E-state index is 0.0828. The van der Waals surface area contributed by atoms with Crippen LogP contribution in [0.5, 0.6) is 5.75 Å².